The summed E-state index contributed by atoms with van der Waals surface area (Å²) in [4.78, 5) is 0. The van der Waals surface area contributed by atoms with Gasteiger partial charge < -0.3 is 0 Å². The quantitative estimate of drug-likeness (QED) is 0.330. The number of hydrogen-bond acceptors (Lipinski definition) is 0. The molecule has 0 aliphatic carbocycles. The van der Waals surface area contributed by atoms with Crippen molar-refractivity contribution < 1.29 is 0 Å². The highest BCUT2D eigenvalue weighted by Crippen LogP contribution is 2.06. The fourth-order valence-electron chi connectivity index (χ4n) is 1.24. The molecule has 0 aromatic heterocycles. The lowest BCUT2D eigenvalue weighted by Gasteiger charge is -1.95. The second kappa shape index (κ2) is 10.7. The zero-order valence-electron chi connectivity index (χ0n) is 9.68. The third-order valence-corrected chi connectivity index (χ3v) is 2.14. The van der Waals surface area contributed by atoms with Crippen LogP contribution in [-0.4, -0.2) is 0 Å². The van der Waals surface area contributed by atoms with Crippen molar-refractivity contribution in [3.05, 3.63) is 17.4 Å². The number of hydrogen-bond donors (Lipinski definition) is 0. The Labute approximate surface area is 94.5 Å². The molecule has 0 nitrogen and oxygen atoms in total. The van der Waals surface area contributed by atoms with Crippen LogP contribution in [0.4, 0.5) is 0 Å². The molecule has 0 heterocycles. The summed E-state index contributed by atoms with van der Waals surface area (Å²) in [7, 11) is 0. The molecule has 0 saturated carbocycles. The van der Waals surface area contributed by atoms with Gasteiger partial charge in [0.2, 0.25) is 0 Å². The average molecular weight is 200 g/mol. The van der Waals surface area contributed by atoms with Crippen molar-refractivity contribution in [2.75, 3.05) is 0 Å². The zero-order valence-corrected chi connectivity index (χ0v) is 9.68. The van der Waals surface area contributed by atoms with E-state index in [0.717, 1.165) is 38.5 Å². The highest BCUT2D eigenvalue weighted by atomic mass is 13.9. The summed E-state index contributed by atoms with van der Waals surface area (Å²) in [5.41, 5.74) is 4.60. The maximum atomic E-state index is 5.18. The van der Waals surface area contributed by atoms with Gasteiger partial charge in [0.1, 0.15) is 0 Å². The minimum absolute atomic E-state index is 0.861. The van der Waals surface area contributed by atoms with Crippen molar-refractivity contribution in [3.8, 4) is 24.7 Å². The molecule has 0 N–H and O–H groups in total. The largest absolute Gasteiger partial charge is 0.126 e. The molecular formula is C15H20. The summed E-state index contributed by atoms with van der Waals surface area (Å²) in [6.07, 6.45) is 19.7. The van der Waals surface area contributed by atoms with Gasteiger partial charge in [0.15, 0.2) is 0 Å². The Morgan fingerprint density at radius 1 is 1.07 bits per heavy atom. The van der Waals surface area contributed by atoms with E-state index in [4.69, 9.17) is 12.8 Å². The van der Waals surface area contributed by atoms with Crippen molar-refractivity contribution in [3.63, 3.8) is 0 Å². The van der Waals surface area contributed by atoms with Crippen molar-refractivity contribution in [2.45, 2.75) is 51.9 Å². The molecule has 0 spiro atoms. The van der Waals surface area contributed by atoms with E-state index in [1.54, 1.807) is 0 Å². The fraction of sp³-hybridized carbons (Fsp3) is 0.533. The third kappa shape index (κ3) is 10.6. The highest BCUT2D eigenvalue weighted by molar-refractivity contribution is 4.98. The van der Waals surface area contributed by atoms with Crippen LogP contribution in [0.2, 0.25) is 0 Å². The molecule has 0 unspecified atom stereocenters. The van der Waals surface area contributed by atoms with E-state index in [9.17, 15) is 0 Å². The average Bonchev–Trinajstić information content (AvgIpc) is 2.24. The van der Waals surface area contributed by atoms with E-state index < -0.39 is 0 Å². The topological polar surface area (TPSA) is 0 Å². The predicted octanol–water partition coefficient (Wildman–Crippen LogP) is 4.08. The van der Waals surface area contributed by atoms with Crippen LogP contribution in [0, 0.1) is 24.7 Å². The third-order valence-electron chi connectivity index (χ3n) is 2.14. The molecule has 0 aromatic carbocycles. The van der Waals surface area contributed by atoms with E-state index in [1.165, 1.54) is 12.0 Å². The van der Waals surface area contributed by atoms with Gasteiger partial charge in [0.05, 0.1) is 0 Å². The van der Waals surface area contributed by atoms with E-state index in [0.29, 0.717) is 0 Å². The van der Waals surface area contributed by atoms with Gasteiger partial charge in [0, 0.05) is 12.8 Å². The van der Waals surface area contributed by atoms with Gasteiger partial charge in [0.25, 0.3) is 0 Å². The molecule has 0 aliphatic rings. The standard InChI is InChI=1S/C15H20/c1-4-6-8-10-12-14-15(3)13-11-9-7-5-2/h1-2,12H,6-11,13H2,3H3. The van der Waals surface area contributed by atoms with Crippen LogP contribution < -0.4 is 0 Å². The van der Waals surface area contributed by atoms with Gasteiger partial charge in [-0.1, -0.05) is 0 Å². The lowest BCUT2D eigenvalue weighted by Crippen LogP contribution is -1.77. The van der Waals surface area contributed by atoms with Crippen molar-refractivity contribution in [1.82, 2.24) is 0 Å². The van der Waals surface area contributed by atoms with Gasteiger partial charge in [-0.3, -0.25) is 0 Å². The van der Waals surface area contributed by atoms with Crippen LogP contribution in [0.1, 0.15) is 51.9 Å². The molecule has 15 heavy (non-hydrogen) atoms. The first kappa shape index (κ1) is 13.6. The molecule has 0 saturated heterocycles. The first-order chi connectivity index (χ1) is 7.31. The van der Waals surface area contributed by atoms with Crippen molar-refractivity contribution >= 4 is 0 Å². The second-order valence-corrected chi connectivity index (χ2v) is 3.64. The summed E-state index contributed by atoms with van der Waals surface area (Å²) in [6, 6.07) is 0. The van der Waals surface area contributed by atoms with Gasteiger partial charge in [-0.15, -0.1) is 30.4 Å². The van der Waals surface area contributed by atoms with E-state index >= 15 is 0 Å². The zero-order chi connectivity index (χ0) is 11.4. The summed E-state index contributed by atoms with van der Waals surface area (Å²) in [5.74, 6) is 5.28. The first-order valence-electron chi connectivity index (χ1n) is 5.58. The molecule has 0 radical (unpaired) electrons. The Balaban J connectivity index is 3.60. The molecule has 0 fully saturated rings. The van der Waals surface area contributed by atoms with E-state index in [2.05, 4.69) is 30.6 Å². The van der Waals surface area contributed by atoms with Crippen molar-refractivity contribution in [2.24, 2.45) is 0 Å². The number of rotatable bonds is 7. The summed E-state index contributed by atoms with van der Waals surface area (Å²) >= 11 is 0. The molecule has 80 valence electrons. The van der Waals surface area contributed by atoms with Gasteiger partial charge in [-0.2, -0.15) is 0 Å². The minimum Gasteiger partial charge on any atom is -0.126 e. The van der Waals surface area contributed by atoms with Gasteiger partial charge >= 0.3 is 0 Å². The van der Waals surface area contributed by atoms with Crippen LogP contribution in [-0.2, 0) is 0 Å². The highest BCUT2D eigenvalue weighted by Gasteiger charge is 1.88. The monoisotopic (exact) mass is 200 g/mol. The normalized spacial score (nSPS) is 8.47. The maximum Gasteiger partial charge on any atom is 0.00892 e. The van der Waals surface area contributed by atoms with Gasteiger partial charge in [-0.05, 0) is 50.7 Å². The van der Waals surface area contributed by atoms with Gasteiger partial charge in [-0.25, -0.2) is 0 Å². The Morgan fingerprint density at radius 3 is 2.40 bits per heavy atom. The SMILES string of the molecule is C#CCCCC=C=C(C)CCCCC#C. The summed E-state index contributed by atoms with van der Waals surface area (Å²) < 4.78 is 0. The molecule has 0 amide bonds. The van der Waals surface area contributed by atoms with E-state index in [1.807, 2.05) is 0 Å². The predicted molar refractivity (Wildman–Crippen MR) is 67.3 cm³/mol. The maximum absolute atomic E-state index is 5.18. The lowest BCUT2D eigenvalue weighted by atomic mass is 10.1. The Bertz CT molecular complexity index is 287. The molecule has 0 atom stereocenters. The Hall–Kier alpha value is -1.36. The van der Waals surface area contributed by atoms with Crippen LogP contribution in [0.5, 0.6) is 0 Å². The molecule has 0 aromatic rings. The Kier molecular flexibility index (Phi) is 9.75. The molecule has 0 rings (SSSR count). The van der Waals surface area contributed by atoms with Crippen molar-refractivity contribution in [1.29, 1.82) is 0 Å². The Morgan fingerprint density at radius 2 is 1.73 bits per heavy atom. The van der Waals surface area contributed by atoms with Crippen LogP contribution in [0.25, 0.3) is 0 Å². The van der Waals surface area contributed by atoms with Crippen LogP contribution in [0.3, 0.4) is 0 Å². The number of allylic oxidation sites excluding steroid dienone is 1. The van der Waals surface area contributed by atoms with Crippen LogP contribution in [0.15, 0.2) is 17.4 Å². The smallest absolute Gasteiger partial charge is 0.00892 e. The molecular weight excluding hydrogens is 180 g/mol. The summed E-state index contributed by atoms with van der Waals surface area (Å²) in [5, 5.41) is 0. The van der Waals surface area contributed by atoms with Crippen LogP contribution >= 0.6 is 0 Å². The summed E-state index contributed by atoms with van der Waals surface area (Å²) in [6.45, 7) is 2.12. The minimum atomic E-state index is 0.861. The second-order valence-electron chi connectivity index (χ2n) is 3.64. The lowest BCUT2D eigenvalue weighted by molar-refractivity contribution is 0.751. The molecule has 0 aliphatic heterocycles. The first-order valence-corrected chi connectivity index (χ1v) is 5.58. The number of unbranched alkanes of at least 4 members (excludes halogenated alkanes) is 4. The van der Waals surface area contributed by atoms with E-state index in [-0.39, 0.29) is 0 Å². The molecule has 0 heteroatoms. The fourth-order valence-corrected chi connectivity index (χ4v) is 1.24. The number of terminal acetylenes is 2. The molecule has 0 bridgehead atoms.